The first-order chi connectivity index (χ1) is 53.1. The molecule has 2 aliphatic heterocycles. The van der Waals surface area contributed by atoms with Crippen LogP contribution in [0.15, 0.2) is 97.3 Å². The Morgan fingerprint density at radius 3 is 1.76 bits per heavy atom. The van der Waals surface area contributed by atoms with Crippen LogP contribution in [0.4, 0.5) is 8.78 Å². The molecule has 0 radical (unpaired) electrons. The van der Waals surface area contributed by atoms with E-state index in [4.69, 9.17) is 5.73 Å². The van der Waals surface area contributed by atoms with E-state index in [1.807, 2.05) is 12.1 Å². The van der Waals surface area contributed by atoms with Gasteiger partial charge in [0.05, 0.1) is 12.2 Å². The van der Waals surface area contributed by atoms with E-state index in [0.29, 0.717) is 33.5 Å². The lowest BCUT2D eigenvalue weighted by molar-refractivity contribution is -0.167. The molecule has 612 valence electrons. The number of carbonyl (C=O) groups is 13. The fourth-order valence-electron chi connectivity index (χ4n) is 13.3. The van der Waals surface area contributed by atoms with Crippen molar-refractivity contribution in [3.05, 3.63) is 125 Å². The van der Waals surface area contributed by atoms with E-state index in [9.17, 15) is 78.0 Å². The number of fused-ring (bicyclic) bond motifs is 4. The summed E-state index contributed by atoms with van der Waals surface area (Å²) in [5.41, 5.74) is 3.22. The molecule has 113 heavy (non-hydrogen) atoms. The average Bonchev–Trinajstić information content (AvgIpc) is 1.14. The van der Waals surface area contributed by atoms with E-state index in [2.05, 4.69) is 68.5 Å². The van der Waals surface area contributed by atoms with E-state index in [1.165, 1.54) is 110 Å². The van der Waals surface area contributed by atoms with Crippen LogP contribution in [0.25, 0.3) is 11.0 Å². The first-order valence-electron chi connectivity index (χ1n) is 37.0. The number of benzene rings is 3. The van der Waals surface area contributed by atoms with Crippen molar-refractivity contribution in [3.8, 4) is 11.5 Å². The minimum absolute atomic E-state index is 0.00505. The number of hydrogen-bond acceptors (Lipinski definition) is 20. The summed E-state index contributed by atoms with van der Waals surface area (Å²) in [5, 5.41) is 71.4. The van der Waals surface area contributed by atoms with Crippen LogP contribution in [0.5, 0.6) is 11.5 Å². The molecule has 32 nitrogen and oxygen atoms in total. The number of aliphatic hydroxyl groups excluding tert-OH is 2. The van der Waals surface area contributed by atoms with Gasteiger partial charge in [-0.25, -0.2) is 13.8 Å². The number of nitrogens with zero attached hydrogens (tertiary/aromatic N) is 2. The summed E-state index contributed by atoms with van der Waals surface area (Å²) >= 11 is 2.47. The van der Waals surface area contributed by atoms with Crippen molar-refractivity contribution < 1.29 is 91.5 Å². The van der Waals surface area contributed by atoms with Crippen molar-refractivity contribution in [2.24, 2.45) is 17.1 Å². The number of amides is 13. The number of rotatable bonds is 11. The van der Waals surface area contributed by atoms with E-state index in [0.717, 1.165) is 25.0 Å². The molecule has 1 aliphatic carbocycles. The van der Waals surface area contributed by atoms with Crippen LogP contribution < -0.4 is 64.2 Å². The van der Waals surface area contributed by atoms with Crippen molar-refractivity contribution in [1.82, 2.24) is 73.4 Å². The summed E-state index contributed by atoms with van der Waals surface area (Å²) in [6, 6.07) is 5.96. The van der Waals surface area contributed by atoms with Crippen LogP contribution in [0, 0.1) is 11.3 Å². The molecule has 18 N–H and O–H groups in total. The van der Waals surface area contributed by atoms with Crippen molar-refractivity contribution in [2.45, 2.75) is 215 Å². The van der Waals surface area contributed by atoms with Crippen LogP contribution in [-0.2, 0) is 93.1 Å². The van der Waals surface area contributed by atoms with Gasteiger partial charge in [0.25, 0.3) is 5.92 Å². The number of phenols is 2. The fourth-order valence-corrected chi connectivity index (χ4v) is 15.3. The molecule has 2 bridgehead atoms. The molecule has 36 heteroatoms. The SMILES string of the molecule is CC(=O)N[C@H]1CSCc2cccc(c2)CSC[C@H](C(N)=O)NC(=O)[C@H]([C@@H](C)O)NC(=O)[C@](C)(C(C)C)NC(=O)[C@H](Cc2ccc(O)cc2)NC(=O)[C@H](C)NC(=O)C2(CC(F)(F)C2)NC(=O)[C@H](Cc2c[nH]c3ncccc23)NC(=O)[C@H]([C@@H](C)O)NC(=O)[C@@H]2CCCN2C(=O)[C@H](Cc2ccc(O)cc2)NC(=O)[C@H](C(C)(C)C)NC1=O. The third kappa shape index (κ3) is 23.4. The normalized spacial score (nSPS) is 26.2. The van der Waals surface area contributed by atoms with Crippen molar-refractivity contribution in [2.75, 3.05) is 18.1 Å². The number of nitrogens with one attached hydrogen (secondary N) is 12. The molecule has 13 amide bonds. The molecule has 1 spiro atoms. The Labute approximate surface area is 660 Å². The number of halogens is 2. The van der Waals surface area contributed by atoms with Crippen LogP contribution in [0.3, 0.4) is 0 Å². The number of phenolic OH excluding ortho intramolecular Hbond substituents is 2. The lowest BCUT2D eigenvalue weighted by Gasteiger charge is -2.47. The van der Waals surface area contributed by atoms with Crippen LogP contribution in [0.2, 0.25) is 0 Å². The zero-order valence-electron chi connectivity index (χ0n) is 64.4. The molecule has 2 fully saturated rings. The molecule has 0 unspecified atom stereocenters. The maximum Gasteiger partial charge on any atom is 0.253 e. The van der Waals surface area contributed by atoms with E-state index in [-0.39, 0.29) is 61.0 Å². The molecule has 5 aromatic rings. The second-order valence-corrected chi connectivity index (χ2v) is 32.7. The van der Waals surface area contributed by atoms with Gasteiger partial charge in [0, 0.05) is 86.4 Å². The van der Waals surface area contributed by atoms with Crippen molar-refractivity contribution in [3.63, 3.8) is 0 Å². The maximum atomic E-state index is 15.4. The van der Waals surface area contributed by atoms with Gasteiger partial charge < -0.3 is 94.5 Å². The van der Waals surface area contributed by atoms with Crippen LogP contribution in [-0.4, -0.2) is 220 Å². The number of nitrogens with two attached hydrogens (primary N) is 1. The van der Waals surface area contributed by atoms with Gasteiger partial charge in [0.2, 0.25) is 76.8 Å². The minimum Gasteiger partial charge on any atom is -0.508 e. The van der Waals surface area contributed by atoms with Gasteiger partial charge in [-0.2, -0.15) is 23.5 Å². The monoisotopic (exact) mass is 1610 g/mol. The number of carbonyl (C=O) groups excluding carboxylic acids is 13. The average molecular weight is 1610 g/mol. The van der Waals surface area contributed by atoms with Gasteiger partial charge in [0.1, 0.15) is 88.6 Å². The van der Waals surface area contributed by atoms with Gasteiger partial charge in [0.15, 0.2) is 0 Å². The van der Waals surface area contributed by atoms with E-state index in [1.54, 1.807) is 58.9 Å². The highest BCUT2D eigenvalue weighted by Gasteiger charge is 2.62. The zero-order chi connectivity index (χ0) is 83.2. The summed E-state index contributed by atoms with van der Waals surface area (Å²) < 4.78 is 30.9. The first-order valence-corrected chi connectivity index (χ1v) is 39.3. The Morgan fingerprint density at radius 2 is 1.19 bits per heavy atom. The van der Waals surface area contributed by atoms with Gasteiger partial charge >= 0.3 is 0 Å². The smallest absolute Gasteiger partial charge is 0.253 e. The van der Waals surface area contributed by atoms with Crippen molar-refractivity contribution in [1.29, 1.82) is 0 Å². The summed E-state index contributed by atoms with van der Waals surface area (Å²) in [6.45, 7) is 14.0. The predicted molar refractivity (Wildman–Crippen MR) is 414 cm³/mol. The molecular formula is C77H101F2N15O17S2. The lowest BCUT2D eigenvalue weighted by Crippen LogP contribution is -2.72. The molecular weight excluding hydrogens is 1510 g/mol. The molecule has 2 aromatic heterocycles. The van der Waals surface area contributed by atoms with Gasteiger partial charge in [-0.3, -0.25) is 62.3 Å². The fraction of sp³-hybridized carbons (Fsp3) is 0.506. The molecule has 13 atom stereocenters. The third-order valence-corrected chi connectivity index (χ3v) is 22.3. The standard InChI is InChI=1S/C77H101F2N15O17S2/c1-39(2)75(10)72(110)90-59(42(5)96)69(107)88-55(61(80)100)35-112-33-46-14-11-15-47(28-46)34-113-36-56(84-43(6)97)64(102)91-60(74(7,8)9)70(108)87-54(30-45-20-24-50(99)25-21-45)71(109)94-27-13-17-57(94)67(105)89-58(41(4)95)68(106)86-53(31-48-32-82-62-51(48)16-12-26-81-62)66(104)93-76(37-77(78,79)38-76)73(111)83-40(3)63(101)85-52(65(103)92-75)29-44-18-22-49(98)23-19-44/h11-12,14-16,18-26,28,32,39-42,52-60,95-96,98-99H,13,17,27,29-31,33-38H2,1-10H3,(H2,80,100)(H,81,82)(H,83,111)(H,84,97)(H,85,101)(H,86,106)(H,87,108)(H,88,107)(H,89,105)(H,90,110)(H,91,102)(H,92,103)(H,93,104)/t40-,41+,42+,52-,53-,54-,55+,56-,57-,58-,59-,60+,75-/m0/s1. The molecule has 4 heterocycles. The highest BCUT2D eigenvalue weighted by molar-refractivity contribution is 7.98. The van der Waals surface area contributed by atoms with E-state index >= 15 is 13.6 Å². The summed E-state index contributed by atoms with van der Waals surface area (Å²) in [6.07, 6.45) is -3.94. The van der Waals surface area contributed by atoms with E-state index < -0.39 is 197 Å². The Bertz CT molecular complexity index is 4330. The summed E-state index contributed by atoms with van der Waals surface area (Å²) in [7, 11) is 0. The maximum absolute atomic E-state index is 15.4. The Balaban J connectivity index is 1.14. The third-order valence-electron chi connectivity index (χ3n) is 20.1. The molecule has 8 rings (SSSR count). The Hall–Kier alpha value is -10.5. The quantitative estimate of drug-likeness (QED) is 0.0865. The number of H-pyrrole nitrogens is 1. The molecule has 1 saturated carbocycles. The molecule has 1 saturated heterocycles. The number of thioether (sulfide) groups is 2. The molecule has 3 aliphatic rings. The largest absolute Gasteiger partial charge is 0.508 e. The van der Waals surface area contributed by atoms with Crippen LogP contribution in [0.1, 0.15) is 123 Å². The first kappa shape index (κ1) is 88.1. The second-order valence-electron chi connectivity index (χ2n) is 30.6. The summed E-state index contributed by atoms with van der Waals surface area (Å²) in [5.74, 6) is -17.1. The topological polar surface area (TPSA) is 493 Å². The number of hydrogen-bond donors (Lipinski definition) is 17. The number of aromatic amines is 1. The molecule has 3 aromatic carbocycles. The Kier molecular flexibility index (Phi) is 29.6. The number of aromatic hydroxyl groups is 2. The van der Waals surface area contributed by atoms with Crippen LogP contribution >= 0.6 is 23.5 Å². The number of aliphatic hydroxyl groups is 2. The number of alkyl halides is 2. The Morgan fingerprint density at radius 1 is 0.646 bits per heavy atom. The lowest BCUT2D eigenvalue weighted by atomic mass is 9.72. The van der Waals surface area contributed by atoms with Gasteiger partial charge in [-0.15, -0.1) is 0 Å². The number of aromatic nitrogens is 2. The van der Waals surface area contributed by atoms with Gasteiger partial charge in [-0.1, -0.05) is 83.1 Å². The minimum atomic E-state index is -3.60. The zero-order valence-corrected chi connectivity index (χ0v) is 66.0. The highest BCUT2D eigenvalue weighted by Crippen LogP contribution is 2.46. The predicted octanol–water partition coefficient (Wildman–Crippen LogP) is 0.684. The number of pyridine rings is 1. The van der Waals surface area contributed by atoms with Crippen molar-refractivity contribution >= 4 is 111 Å². The summed E-state index contributed by atoms with van der Waals surface area (Å²) in [4.78, 5) is 196. The second kappa shape index (κ2) is 37.9. The highest BCUT2D eigenvalue weighted by atomic mass is 32.2. The van der Waals surface area contributed by atoms with Gasteiger partial charge in [-0.05, 0) is 116 Å². The number of primary amides is 1.